The third-order valence-corrected chi connectivity index (χ3v) is 5.88. The Morgan fingerprint density at radius 2 is 1.90 bits per heavy atom. The highest BCUT2D eigenvalue weighted by Crippen LogP contribution is 2.42. The number of nitrogens with one attached hydrogen (secondary N) is 1. The van der Waals surface area contributed by atoms with Crippen LogP contribution in [0.4, 0.5) is 0 Å². The molecule has 2 saturated carbocycles. The summed E-state index contributed by atoms with van der Waals surface area (Å²) in [5, 5.41) is 3.87. The van der Waals surface area contributed by atoms with E-state index in [9.17, 15) is 0 Å². The Morgan fingerprint density at radius 1 is 1.10 bits per heavy atom. The summed E-state index contributed by atoms with van der Waals surface area (Å²) in [5.74, 6) is 1.58. The molecule has 2 unspecified atom stereocenters. The predicted octanol–water partition coefficient (Wildman–Crippen LogP) is 3.85. The van der Waals surface area contributed by atoms with Crippen LogP contribution in [-0.2, 0) is 4.74 Å². The van der Waals surface area contributed by atoms with E-state index in [0.29, 0.717) is 18.2 Å². The molecule has 1 saturated heterocycles. The monoisotopic (exact) mass is 335 g/mol. The Kier molecular flexibility index (Phi) is 3.61. The summed E-state index contributed by atoms with van der Waals surface area (Å²) in [6.45, 7) is 0.958. The van der Waals surface area contributed by atoms with E-state index >= 15 is 0 Å². The molecule has 2 atom stereocenters. The Morgan fingerprint density at radius 3 is 2.65 bits per heavy atom. The van der Waals surface area contributed by atoms with Crippen LogP contribution in [0.5, 0.6) is 0 Å². The second-order valence-electron chi connectivity index (χ2n) is 6.62. The highest BCUT2D eigenvalue weighted by molar-refractivity contribution is 9.10. The van der Waals surface area contributed by atoms with E-state index in [0.717, 1.165) is 18.4 Å². The lowest BCUT2D eigenvalue weighted by Gasteiger charge is -2.39. The highest BCUT2D eigenvalue weighted by Gasteiger charge is 2.42. The number of ether oxygens (including phenoxy) is 1. The van der Waals surface area contributed by atoms with Crippen molar-refractivity contribution >= 4 is 15.9 Å². The molecule has 1 aliphatic heterocycles. The van der Waals surface area contributed by atoms with Gasteiger partial charge in [0.25, 0.3) is 0 Å². The Bertz CT molecular complexity index is 482. The molecule has 4 rings (SSSR count). The van der Waals surface area contributed by atoms with Crippen LogP contribution < -0.4 is 5.32 Å². The molecule has 0 spiro atoms. The number of halogens is 1. The highest BCUT2D eigenvalue weighted by atomic mass is 79.9. The molecule has 0 aromatic heterocycles. The second-order valence-corrected chi connectivity index (χ2v) is 7.48. The van der Waals surface area contributed by atoms with Crippen molar-refractivity contribution in [2.45, 2.75) is 56.2 Å². The maximum absolute atomic E-state index is 5.92. The molecule has 2 aliphatic carbocycles. The largest absolute Gasteiger partial charge is 0.376 e. The van der Waals surface area contributed by atoms with Gasteiger partial charge < -0.3 is 10.1 Å². The third kappa shape index (κ3) is 2.56. The van der Waals surface area contributed by atoms with Gasteiger partial charge >= 0.3 is 0 Å². The summed E-state index contributed by atoms with van der Waals surface area (Å²) >= 11 is 3.68. The zero-order valence-corrected chi connectivity index (χ0v) is 13.3. The molecule has 1 aromatic carbocycles. The van der Waals surface area contributed by atoms with Gasteiger partial charge in [-0.05, 0) is 55.6 Å². The molecule has 3 fully saturated rings. The number of hydrogen-bond donors (Lipinski definition) is 1. The van der Waals surface area contributed by atoms with E-state index < -0.39 is 0 Å². The van der Waals surface area contributed by atoms with Crippen molar-refractivity contribution in [3.05, 3.63) is 34.3 Å². The van der Waals surface area contributed by atoms with Crippen molar-refractivity contribution < 1.29 is 4.74 Å². The molecular weight excluding hydrogens is 314 g/mol. The first kappa shape index (κ1) is 13.3. The molecular formula is C17H22BrNO. The number of hydrogen-bond acceptors (Lipinski definition) is 2. The smallest absolute Gasteiger partial charge is 0.0757 e. The van der Waals surface area contributed by atoms with Crippen LogP contribution in [0.25, 0.3) is 0 Å². The van der Waals surface area contributed by atoms with Crippen LogP contribution in [0, 0.1) is 5.92 Å². The maximum Gasteiger partial charge on any atom is 0.0757 e. The lowest BCUT2D eigenvalue weighted by Crippen LogP contribution is -2.49. The maximum atomic E-state index is 5.92. The zero-order chi connectivity index (χ0) is 13.5. The van der Waals surface area contributed by atoms with Crippen molar-refractivity contribution in [1.82, 2.24) is 5.32 Å². The first-order valence-electron chi connectivity index (χ1n) is 7.93. The minimum atomic E-state index is 0.512. The number of benzene rings is 1. The summed E-state index contributed by atoms with van der Waals surface area (Å²) in [5.41, 5.74) is 1.48. The second kappa shape index (κ2) is 5.43. The number of rotatable bonds is 4. The molecule has 108 valence electrons. The van der Waals surface area contributed by atoms with E-state index in [1.165, 1.54) is 42.1 Å². The lowest BCUT2D eigenvalue weighted by atomic mass is 9.75. The van der Waals surface area contributed by atoms with Crippen molar-refractivity contribution in [2.75, 3.05) is 6.61 Å². The summed E-state index contributed by atoms with van der Waals surface area (Å²) < 4.78 is 7.19. The van der Waals surface area contributed by atoms with Crippen molar-refractivity contribution in [1.29, 1.82) is 0 Å². The van der Waals surface area contributed by atoms with Gasteiger partial charge in [0.15, 0.2) is 0 Å². The molecule has 0 bridgehead atoms. The Balaban J connectivity index is 1.32. The van der Waals surface area contributed by atoms with Crippen LogP contribution in [0.1, 0.15) is 43.6 Å². The van der Waals surface area contributed by atoms with E-state index in [-0.39, 0.29) is 0 Å². The van der Waals surface area contributed by atoms with Crippen LogP contribution in [0.15, 0.2) is 28.7 Å². The van der Waals surface area contributed by atoms with E-state index in [2.05, 4.69) is 45.5 Å². The van der Waals surface area contributed by atoms with Crippen molar-refractivity contribution in [3.63, 3.8) is 0 Å². The van der Waals surface area contributed by atoms with Gasteiger partial charge in [0.2, 0.25) is 0 Å². The molecule has 20 heavy (non-hydrogen) atoms. The average Bonchev–Trinajstić information content (AvgIpc) is 3.15. The fourth-order valence-electron chi connectivity index (χ4n) is 3.80. The molecule has 0 radical (unpaired) electrons. The van der Waals surface area contributed by atoms with E-state index in [1.54, 1.807) is 0 Å². The first-order valence-corrected chi connectivity index (χ1v) is 8.72. The van der Waals surface area contributed by atoms with Crippen molar-refractivity contribution in [3.8, 4) is 0 Å². The molecule has 2 nitrogen and oxygen atoms in total. The third-order valence-electron chi connectivity index (χ3n) is 5.16. The van der Waals surface area contributed by atoms with Gasteiger partial charge in [0, 0.05) is 23.2 Å². The molecule has 3 aliphatic rings. The quantitative estimate of drug-likeness (QED) is 0.902. The normalized spacial score (nSPS) is 36.9. The standard InChI is InChI=1S/C17H22BrNO/c18-15-4-2-1-3-14(15)12-9-13(10-12)19-16-7-8-20-17(16)11-5-6-11/h1-4,11-13,16-17,19H,5-10H2. The Labute approximate surface area is 129 Å². The minimum absolute atomic E-state index is 0.512. The fourth-order valence-corrected chi connectivity index (χ4v) is 4.40. The van der Waals surface area contributed by atoms with Crippen molar-refractivity contribution in [2.24, 2.45) is 5.92 Å². The van der Waals surface area contributed by atoms with Gasteiger partial charge in [0.05, 0.1) is 6.10 Å². The van der Waals surface area contributed by atoms with Gasteiger partial charge in [-0.1, -0.05) is 34.1 Å². The van der Waals surface area contributed by atoms with Crippen LogP contribution >= 0.6 is 15.9 Å². The molecule has 1 aromatic rings. The first-order chi connectivity index (χ1) is 9.81. The summed E-state index contributed by atoms with van der Waals surface area (Å²) in [7, 11) is 0. The van der Waals surface area contributed by atoms with Gasteiger partial charge in [-0.2, -0.15) is 0 Å². The predicted molar refractivity (Wildman–Crippen MR) is 83.9 cm³/mol. The van der Waals surface area contributed by atoms with E-state index in [1.807, 2.05) is 0 Å². The van der Waals surface area contributed by atoms with Gasteiger partial charge in [-0.15, -0.1) is 0 Å². The van der Waals surface area contributed by atoms with E-state index in [4.69, 9.17) is 4.74 Å². The SMILES string of the molecule is Brc1ccccc1C1CC(NC2CCOC2C2CC2)C1. The lowest BCUT2D eigenvalue weighted by molar-refractivity contribution is 0.0749. The fraction of sp³-hybridized carbons (Fsp3) is 0.647. The molecule has 1 N–H and O–H groups in total. The Hall–Kier alpha value is -0.380. The molecule has 1 heterocycles. The summed E-state index contributed by atoms with van der Waals surface area (Å²) in [6.07, 6.45) is 7.03. The molecule has 0 amide bonds. The average molecular weight is 336 g/mol. The van der Waals surface area contributed by atoms with Gasteiger partial charge in [-0.25, -0.2) is 0 Å². The van der Waals surface area contributed by atoms with Crippen LogP contribution in [0.2, 0.25) is 0 Å². The minimum Gasteiger partial charge on any atom is -0.376 e. The van der Waals surface area contributed by atoms with Crippen LogP contribution in [-0.4, -0.2) is 24.8 Å². The van der Waals surface area contributed by atoms with Gasteiger partial charge in [0.1, 0.15) is 0 Å². The van der Waals surface area contributed by atoms with Gasteiger partial charge in [-0.3, -0.25) is 0 Å². The topological polar surface area (TPSA) is 21.3 Å². The zero-order valence-electron chi connectivity index (χ0n) is 11.7. The summed E-state index contributed by atoms with van der Waals surface area (Å²) in [6, 6.07) is 9.97. The summed E-state index contributed by atoms with van der Waals surface area (Å²) in [4.78, 5) is 0. The molecule has 3 heteroatoms. The van der Waals surface area contributed by atoms with Crippen LogP contribution in [0.3, 0.4) is 0 Å².